The molecule has 0 aliphatic carbocycles. The summed E-state index contributed by atoms with van der Waals surface area (Å²) in [6, 6.07) is 0. The second-order valence-corrected chi connectivity index (χ2v) is 5.12. The Labute approximate surface area is 80.2 Å². The van der Waals surface area contributed by atoms with Crippen molar-refractivity contribution in [2.75, 3.05) is 0 Å². The number of carboxylic acid groups (broad SMARTS) is 1. The summed E-state index contributed by atoms with van der Waals surface area (Å²) in [5, 5.41) is 11.1. The first-order valence-electron chi connectivity index (χ1n) is 3.99. The van der Waals surface area contributed by atoms with E-state index in [4.69, 9.17) is 5.11 Å². The van der Waals surface area contributed by atoms with Crippen LogP contribution in [0.15, 0.2) is 11.5 Å². The van der Waals surface area contributed by atoms with Crippen LogP contribution in [0.2, 0.25) is 0 Å². The van der Waals surface area contributed by atoms with E-state index in [1.807, 2.05) is 10.8 Å². The lowest BCUT2D eigenvalue weighted by Gasteiger charge is -2.03. The van der Waals surface area contributed by atoms with Crippen molar-refractivity contribution in [3.63, 3.8) is 0 Å². The van der Waals surface area contributed by atoms with Crippen molar-refractivity contribution in [1.29, 1.82) is 0 Å². The third kappa shape index (κ3) is 4.07. The van der Waals surface area contributed by atoms with Crippen molar-refractivity contribution in [3.8, 4) is 0 Å². The van der Waals surface area contributed by atoms with E-state index in [0.717, 1.165) is 19.3 Å². The normalized spacial score (nSPS) is 21.5. The van der Waals surface area contributed by atoms with Crippen LogP contribution >= 0.6 is 21.6 Å². The van der Waals surface area contributed by atoms with Crippen molar-refractivity contribution in [2.45, 2.75) is 30.9 Å². The minimum absolute atomic E-state index is 0.314. The zero-order valence-corrected chi connectivity index (χ0v) is 8.37. The minimum Gasteiger partial charge on any atom is -0.481 e. The summed E-state index contributed by atoms with van der Waals surface area (Å²) < 4.78 is 0. The first-order chi connectivity index (χ1) is 5.79. The van der Waals surface area contributed by atoms with Gasteiger partial charge in [0.15, 0.2) is 0 Å². The van der Waals surface area contributed by atoms with Crippen molar-refractivity contribution >= 4 is 27.6 Å². The van der Waals surface area contributed by atoms with Crippen molar-refractivity contribution < 1.29 is 9.90 Å². The summed E-state index contributed by atoms with van der Waals surface area (Å²) in [6.45, 7) is 0. The lowest BCUT2D eigenvalue weighted by atomic mass is 10.1. The lowest BCUT2D eigenvalue weighted by Crippen LogP contribution is -1.97. The van der Waals surface area contributed by atoms with Crippen LogP contribution in [-0.4, -0.2) is 16.3 Å². The Bertz CT molecular complexity index is 180. The number of rotatable bonds is 5. The van der Waals surface area contributed by atoms with Gasteiger partial charge in [-0.25, -0.2) is 0 Å². The van der Waals surface area contributed by atoms with E-state index >= 15 is 0 Å². The smallest absolute Gasteiger partial charge is 0.303 e. The van der Waals surface area contributed by atoms with Crippen LogP contribution in [0.1, 0.15) is 25.7 Å². The van der Waals surface area contributed by atoms with E-state index in [1.54, 1.807) is 10.8 Å². The molecule has 0 aromatic heterocycles. The topological polar surface area (TPSA) is 37.3 Å². The largest absolute Gasteiger partial charge is 0.481 e. The van der Waals surface area contributed by atoms with Crippen LogP contribution in [0.5, 0.6) is 0 Å². The van der Waals surface area contributed by atoms with Gasteiger partial charge in [-0.2, -0.15) is 0 Å². The van der Waals surface area contributed by atoms with E-state index < -0.39 is 5.97 Å². The van der Waals surface area contributed by atoms with Gasteiger partial charge in [-0.05, 0) is 18.2 Å². The maximum absolute atomic E-state index is 10.2. The van der Waals surface area contributed by atoms with Crippen molar-refractivity contribution in [1.82, 2.24) is 0 Å². The predicted molar refractivity (Wildman–Crippen MR) is 54.2 cm³/mol. The quantitative estimate of drug-likeness (QED) is 0.552. The molecule has 0 radical (unpaired) electrons. The Morgan fingerprint density at radius 3 is 2.92 bits per heavy atom. The molecule has 0 fully saturated rings. The zero-order valence-electron chi connectivity index (χ0n) is 6.73. The van der Waals surface area contributed by atoms with Gasteiger partial charge in [0.2, 0.25) is 0 Å². The average molecular weight is 204 g/mol. The second kappa shape index (κ2) is 5.54. The number of hydrogen-bond acceptors (Lipinski definition) is 3. The second-order valence-electron chi connectivity index (χ2n) is 2.70. The highest BCUT2D eigenvalue weighted by Crippen LogP contribution is 2.37. The van der Waals surface area contributed by atoms with Crippen LogP contribution in [0, 0.1) is 0 Å². The van der Waals surface area contributed by atoms with E-state index in [2.05, 4.69) is 11.5 Å². The molecular weight excluding hydrogens is 192 g/mol. The SMILES string of the molecule is O=C(O)CCCCC1C=CSS1. The Morgan fingerprint density at radius 2 is 2.33 bits per heavy atom. The number of carbonyl (C=O) groups is 1. The maximum Gasteiger partial charge on any atom is 0.303 e. The Balaban J connectivity index is 1.95. The van der Waals surface area contributed by atoms with E-state index in [0.29, 0.717) is 11.7 Å². The van der Waals surface area contributed by atoms with Gasteiger partial charge in [0.1, 0.15) is 0 Å². The first-order valence-corrected chi connectivity index (χ1v) is 6.27. The molecule has 1 N–H and O–H groups in total. The fourth-order valence-corrected chi connectivity index (χ4v) is 3.28. The standard InChI is InChI=1S/C8H12O2S2/c9-8(10)4-2-1-3-7-5-6-11-12-7/h5-7H,1-4H2,(H,9,10). The Kier molecular flexibility index (Phi) is 4.61. The molecule has 0 aromatic rings. The van der Waals surface area contributed by atoms with Crippen molar-refractivity contribution in [3.05, 3.63) is 11.5 Å². The molecular formula is C8H12O2S2. The molecule has 1 unspecified atom stereocenters. The molecule has 0 amide bonds. The number of aliphatic carboxylic acids is 1. The summed E-state index contributed by atoms with van der Waals surface area (Å²) in [5.41, 5.74) is 0. The molecule has 0 saturated heterocycles. The molecule has 68 valence electrons. The van der Waals surface area contributed by atoms with Gasteiger partial charge in [0.05, 0.1) is 0 Å². The van der Waals surface area contributed by atoms with Crippen LogP contribution in [0.4, 0.5) is 0 Å². The molecule has 2 nitrogen and oxygen atoms in total. The van der Waals surface area contributed by atoms with E-state index in [1.165, 1.54) is 0 Å². The number of carboxylic acids is 1. The molecule has 12 heavy (non-hydrogen) atoms. The van der Waals surface area contributed by atoms with Gasteiger partial charge in [0, 0.05) is 11.7 Å². The molecule has 1 aliphatic rings. The van der Waals surface area contributed by atoms with Crippen LogP contribution in [-0.2, 0) is 4.79 Å². The van der Waals surface area contributed by atoms with Gasteiger partial charge >= 0.3 is 5.97 Å². The fourth-order valence-electron chi connectivity index (χ4n) is 1.02. The average Bonchev–Trinajstić information content (AvgIpc) is 2.49. The molecule has 1 atom stereocenters. The fraction of sp³-hybridized carbons (Fsp3) is 0.625. The Morgan fingerprint density at radius 1 is 1.50 bits per heavy atom. The predicted octanol–water partition coefficient (Wildman–Crippen LogP) is 2.91. The first kappa shape index (κ1) is 9.99. The molecule has 1 aliphatic heterocycles. The highest BCUT2D eigenvalue weighted by molar-refractivity contribution is 8.78. The third-order valence-electron chi connectivity index (χ3n) is 1.66. The molecule has 0 aromatic carbocycles. The Hall–Kier alpha value is -0.0900. The van der Waals surface area contributed by atoms with Crippen molar-refractivity contribution in [2.24, 2.45) is 0 Å². The molecule has 0 spiro atoms. The van der Waals surface area contributed by atoms with E-state index in [-0.39, 0.29) is 0 Å². The van der Waals surface area contributed by atoms with Gasteiger partial charge in [-0.15, -0.1) is 0 Å². The summed E-state index contributed by atoms with van der Waals surface area (Å²) >= 11 is 0. The highest BCUT2D eigenvalue weighted by Gasteiger charge is 2.09. The summed E-state index contributed by atoms with van der Waals surface area (Å²) in [6.07, 6.45) is 5.45. The third-order valence-corrected chi connectivity index (χ3v) is 4.08. The molecule has 4 heteroatoms. The maximum atomic E-state index is 10.2. The van der Waals surface area contributed by atoms with Crippen LogP contribution < -0.4 is 0 Å². The van der Waals surface area contributed by atoms with Gasteiger partial charge in [-0.1, -0.05) is 34.1 Å². The monoisotopic (exact) mass is 204 g/mol. The number of unbranched alkanes of at least 4 members (excludes halogenated alkanes) is 1. The molecule has 0 saturated carbocycles. The molecule has 1 heterocycles. The highest BCUT2D eigenvalue weighted by atomic mass is 33.1. The molecule has 1 rings (SSSR count). The summed E-state index contributed by atoms with van der Waals surface area (Å²) in [5.74, 6) is -0.681. The summed E-state index contributed by atoms with van der Waals surface area (Å²) in [4.78, 5) is 10.2. The lowest BCUT2D eigenvalue weighted by molar-refractivity contribution is -0.137. The summed E-state index contributed by atoms with van der Waals surface area (Å²) in [7, 11) is 3.63. The zero-order chi connectivity index (χ0) is 8.81. The number of hydrogen-bond donors (Lipinski definition) is 1. The minimum atomic E-state index is -0.681. The molecule has 0 bridgehead atoms. The van der Waals surface area contributed by atoms with Crippen LogP contribution in [0.25, 0.3) is 0 Å². The van der Waals surface area contributed by atoms with Gasteiger partial charge < -0.3 is 5.11 Å². The van der Waals surface area contributed by atoms with Crippen LogP contribution in [0.3, 0.4) is 0 Å². The van der Waals surface area contributed by atoms with E-state index in [9.17, 15) is 4.79 Å². The van der Waals surface area contributed by atoms with Gasteiger partial charge in [0.25, 0.3) is 0 Å². The van der Waals surface area contributed by atoms with Gasteiger partial charge in [-0.3, -0.25) is 4.79 Å².